The lowest BCUT2D eigenvalue weighted by atomic mass is 10.1. The van der Waals surface area contributed by atoms with Gasteiger partial charge in [-0.25, -0.2) is 17.9 Å². The summed E-state index contributed by atoms with van der Waals surface area (Å²) < 4.78 is 32.3. The summed E-state index contributed by atoms with van der Waals surface area (Å²) in [4.78, 5) is 16.9. The summed E-state index contributed by atoms with van der Waals surface area (Å²) in [7, 11) is -3.69. The molecule has 4 aromatic rings. The van der Waals surface area contributed by atoms with Crippen molar-refractivity contribution in [3.8, 4) is 0 Å². The molecule has 25 heavy (non-hydrogen) atoms. The molecule has 0 bridgehead atoms. The minimum Gasteiger partial charge on any atom is -0.408 e. The Balaban J connectivity index is 1.51. The van der Waals surface area contributed by atoms with E-state index >= 15 is 0 Å². The third kappa shape index (κ3) is 2.97. The molecule has 0 spiro atoms. The zero-order valence-corrected chi connectivity index (χ0v) is 13.9. The Labute approximate surface area is 142 Å². The van der Waals surface area contributed by atoms with Crippen molar-refractivity contribution >= 4 is 32.0 Å². The van der Waals surface area contributed by atoms with Gasteiger partial charge in [-0.1, -0.05) is 18.2 Å². The maximum Gasteiger partial charge on any atom is 0.417 e. The number of rotatable bonds is 5. The first-order valence-electron chi connectivity index (χ1n) is 7.70. The van der Waals surface area contributed by atoms with Gasteiger partial charge < -0.3 is 9.40 Å². The molecule has 4 rings (SSSR count). The Morgan fingerprint density at radius 3 is 2.80 bits per heavy atom. The first kappa shape index (κ1) is 15.7. The largest absolute Gasteiger partial charge is 0.417 e. The van der Waals surface area contributed by atoms with E-state index in [1.807, 2.05) is 30.5 Å². The highest BCUT2D eigenvalue weighted by molar-refractivity contribution is 7.89. The number of hydrogen-bond donors (Lipinski definition) is 3. The number of H-pyrrole nitrogens is 2. The molecule has 0 aliphatic rings. The van der Waals surface area contributed by atoms with Crippen molar-refractivity contribution in [1.29, 1.82) is 0 Å². The van der Waals surface area contributed by atoms with E-state index in [0.717, 1.165) is 16.5 Å². The van der Waals surface area contributed by atoms with Gasteiger partial charge >= 0.3 is 5.76 Å². The fourth-order valence-electron chi connectivity index (χ4n) is 2.83. The molecule has 0 amide bonds. The molecule has 2 heterocycles. The summed E-state index contributed by atoms with van der Waals surface area (Å²) in [6, 6.07) is 12.1. The van der Waals surface area contributed by atoms with Crippen molar-refractivity contribution in [2.75, 3.05) is 6.54 Å². The number of fused-ring (bicyclic) bond motifs is 2. The Morgan fingerprint density at radius 2 is 1.92 bits per heavy atom. The van der Waals surface area contributed by atoms with E-state index in [1.54, 1.807) is 0 Å². The standard InChI is InChI=1S/C17H15N3O4S/c21-17-20-15-6-5-12(9-16(15)24-17)25(22,23)19-8-7-11-10-18-14-4-2-1-3-13(11)14/h1-6,9-10,18-19H,7-8H2,(H,20,21). The van der Waals surface area contributed by atoms with Crippen LogP contribution in [0.2, 0.25) is 0 Å². The van der Waals surface area contributed by atoms with Gasteiger partial charge in [0.25, 0.3) is 0 Å². The second kappa shape index (κ2) is 5.91. The van der Waals surface area contributed by atoms with Gasteiger partial charge in [0.05, 0.1) is 10.4 Å². The number of hydrogen-bond acceptors (Lipinski definition) is 4. The van der Waals surface area contributed by atoms with Crippen molar-refractivity contribution < 1.29 is 12.8 Å². The van der Waals surface area contributed by atoms with Crippen molar-refractivity contribution in [2.45, 2.75) is 11.3 Å². The molecule has 0 radical (unpaired) electrons. The maximum atomic E-state index is 12.4. The summed E-state index contributed by atoms with van der Waals surface area (Å²) in [6.07, 6.45) is 2.45. The van der Waals surface area contributed by atoms with E-state index in [-0.39, 0.29) is 17.0 Å². The molecule has 0 unspecified atom stereocenters. The zero-order chi connectivity index (χ0) is 17.4. The number of oxazole rings is 1. The third-order valence-corrected chi connectivity index (χ3v) is 5.52. The number of sulfonamides is 1. The van der Waals surface area contributed by atoms with Crippen LogP contribution in [0.4, 0.5) is 0 Å². The van der Waals surface area contributed by atoms with E-state index in [4.69, 9.17) is 4.42 Å². The minimum absolute atomic E-state index is 0.0571. The van der Waals surface area contributed by atoms with E-state index in [0.29, 0.717) is 11.9 Å². The first-order valence-corrected chi connectivity index (χ1v) is 9.19. The summed E-state index contributed by atoms with van der Waals surface area (Å²) in [6.45, 7) is 0.263. The van der Waals surface area contributed by atoms with E-state index in [9.17, 15) is 13.2 Å². The van der Waals surface area contributed by atoms with Gasteiger partial charge in [0.15, 0.2) is 5.58 Å². The monoisotopic (exact) mass is 357 g/mol. The molecule has 0 fully saturated rings. The fraction of sp³-hybridized carbons (Fsp3) is 0.118. The van der Waals surface area contributed by atoms with Gasteiger partial charge in [-0.05, 0) is 30.2 Å². The molecule has 0 saturated heterocycles. The average molecular weight is 357 g/mol. The molecule has 0 aliphatic heterocycles. The fourth-order valence-corrected chi connectivity index (χ4v) is 3.88. The van der Waals surface area contributed by atoms with Crippen LogP contribution in [0.3, 0.4) is 0 Å². The van der Waals surface area contributed by atoms with Crippen LogP contribution >= 0.6 is 0 Å². The predicted octanol–water partition coefficient (Wildman–Crippen LogP) is 2.12. The molecule has 128 valence electrons. The normalized spacial score (nSPS) is 12.2. The van der Waals surface area contributed by atoms with E-state index in [2.05, 4.69) is 14.7 Å². The van der Waals surface area contributed by atoms with Crippen LogP contribution in [0.5, 0.6) is 0 Å². The Morgan fingerprint density at radius 1 is 1.08 bits per heavy atom. The zero-order valence-electron chi connectivity index (χ0n) is 13.1. The van der Waals surface area contributed by atoms with Crippen LogP contribution in [0.1, 0.15) is 5.56 Å². The lowest BCUT2D eigenvalue weighted by Gasteiger charge is -2.06. The van der Waals surface area contributed by atoms with Crippen molar-refractivity contribution in [2.24, 2.45) is 0 Å². The van der Waals surface area contributed by atoms with E-state index < -0.39 is 15.8 Å². The number of nitrogens with one attached hydrogen (secondary N) is 3. The van der Waals surface area contributed by atoms with Gasteiger partial charge in [0, 0.05) is 29.7 Å². The van der Waals surface area contributed by atoms with Gasteiger partial charge in [0.1, 0.15) is 0 Å². The highest BCUT2D eigenvalue weighted by Gasteiger charge is 2.16. The Hall–Kier alpha value is -2.84. The topological polar surface area (TPSA) is 108 Å². The number of benzene rings is 2. The van der Waals surface area contributed by atoms with Crippen LogP contribution in [0.15, 0.2) is 62.8 Å². The molecule has 2 aromatic carbocycles. The van der Waals surface area contributed by atoms with Gasteiger partial charge in [-0.2, -0.15) is 0 Å². The van der Waals surface area contributed by atoms with Gasteiger partial charge in [-0.15, -0.1) is 0 Å². The molecule has 2 aromatic heterocycles. The van der Waals surface area contributed by atoms with Crippen LogP contribution in [0.25, 0.3) is 22.0 Å². The lowest BCUT2D eigenvalue weighted by Crippen LogP contribution is -2.25. The van der Waals surface area contributed by atoms with Crippen molar-refractivity contribution in [3.63, 3.8) is 0 Å². The van der Waals surface area contributed by atoms with E-state index in [1.165, 1.54) is 18.2 Å². The summed E-state index contributed by atoms with van der Waals surface area (Å²) in [5, 5.41) is 1.08. The third-order valence-electron chi connectivity index (χ3n) is 4.06. The molecule has 8 heteroatoms. The second-order valence-corrected chi connectivity index (χ2v) is 7.45. The smallest absolute Gasteiger partial charge is 0.408 e. The Kier molecular flexibility index (Phi) is 3.70. The number of para-hydroxylation sites is 1. The molecule has 7 nitrogen and oxygen atoms in total. The van der Waals surface area contributed by atoms with Crippen LogP contribution in [-0.2, 0) is 16.4 Å². The number of aromatic amines is 2. The summed E-state index contributed by atoms with van der Waals surface area (Å²) >= 11 is 0. The highest BCUT2D eigenvalue weighted by Crippen LogP contribution is 2.19. The molecule has 3 N–H and O–H groups in total. The summed E-state index contributed by atoms with van der Waals surface area (Å²) in [5.74, 6) is -0.614. The molecule has 0 saturated carbocycles. The molecular formula is C17H15N3O4S. The number of aromatic nitrogens is 2. The average Bonchev–Trinajstić information content (AvgIpc) is 3.16. The molecular weight excluding hydrogens is 342 g/mol. The predicted molar refractivity (Wildman–Crippen MR) is 94.0 cm³/mol. The SMILES string of the molecule is O=c1[nH]c2ccc(S(=O)(=O)NCCc3c[nH]c4ccccc34)cc2o1. The quantitative estimate of drug-likeness (QED) is 0.508. The van der Waals surface area contributed by atoms with Crippen molar-refractivity contribution in [3.05, 3.63) is 64.8 Å². The van der Waals surface area contributed by atoms with Crippen LogP contribution in [0, 0.1) is 0 Å². The highest BCUT2D eigenvalue weighted by atomic mass is 32.2. The van der Waals surface area contributed by atoms with Crippen LogP contribution in [-0.4, -0.2) is 24.9 Å². The van der Waals surface area contributed by atoms with Gasteiger partial charge in [0.2, 0.25) is 10.0 Å². The minimum atomic E-state index is -3.69. The maximum absolute atomic E-state index is 12.4. The van der Waals surface area contributed by atoms with Gasteiger partial charge in [-0.3, -0.25) is 4.98 Å². The molecule has 0 atom stereocenters. The van der Waals surface area contributed by atoms with Crippen LogP contribution < -0.4 is 10.5 Å². The Bertz CT molecular complexity index is 1220. The summed E-state index contributed by atoms with van der Waals surface area (Å²) in [5.41, 5.74) is 2.74. The molecule has 0 aliphatic carbocycles. The first-order chi connectivity index (χ1) is 12.0. The lowest BCUT2D eigenvalue weighted by molar-refractivity contribution is 0.553. The van der Waals surface area contributed by atoms with Crippen molar-refractivity contribution in [1.82, 2.24) is 14.7 Å². The second-order valence-electron chi connectivity index (χ2n) is 5.68.